The number of rotatable bonds is 2. The maximum atomic E-state index is 11.8. The Morgan fingerprint density at radius 1 is 1.26 bits per heavy atom. The first-order valence-corrected chi connectivity index (χ1v) is 6.85. The molecular weight excluding hydrogens is 240 g/mol. The van der Waals surface area contributed by atoms with Gasteiger partial charge in [-0.15, -0.1) is 0 Å². The van der Waals surface area contributed by atoms with Crippen LogP contribution in [0.15, 0.2) is 0 Å². The van der Waals surface area contributed by atoms with Gasteiger partial charge in [0, 0.05) is 16.5 Å². The Bertz CT molecular complexity index is 542. The van der Waals surface area contributed by atoms with Crippen LogP contribution in [0.4, 0.5) is 0 Å². The highest BCUT2D eigenvalue weighted by Crippen LogP contribution is 2.47. The molecule has 0 saturated heterocycles. The molecule has 0 aromatic heterocycles. The summed E-state index contributed by atoms with van der Waals surface area (Å²) in [6.45, 7) is 9.96. The summed E-state index contributed by atoms with van der Waals surface area (Å²) in [5.41, 5.74) is 3.34. The first-order valence-electron chi connectivity index (χ1n) is 6.85. The molecule has 3 nitrogen and oxygen atoms in total. The molecule has 0 bridgehead atoms. The van der Waals surface area contributed by atoms with Crippen molar-refractivity contribution in [1.82, 2.24) is 0 Å². The fraction of sp³-hybridized carbons (Fsp3) is 0.562. The molecule has 1 heterocycles. The highest BCUT2D eigenvalue weighted by molar-refractivity contribution is 5.80. The zero-order valence-electron chi connectivity index (χ0n) is 12.4. The standard InChI is InChI=1S/C16H22O3/c1-6-7-11-9(2)15-13(10(3)14(11)18)16(4,5)8-12(17)19-15/h18H,6-8H2,1-5H3. The van der Waals surface area contributed by atoms with Crippen LogP contribution < -0.4 is 4.74 Å². The average molecular weight is 262 g/mol. The van der Waals surface area contributed by atoms with Crippen LogP contribution in [0.3, 0.4) is 0 Å². The lowest BCUT2D eigenvalue weighted by Crippen LogP contribution is -2.32. The summed E-state index contributed by atoms with van der Waals surface area (Å²) < 4.78 is 5.47. The first kappa shape index (κ1) is 13.9. The van der Waals surface area contributed by atoms with Crippen molar-refractivity contribution in [2.75, 3.05) is 0 Å². The van der Waals surface area contributed by atoms with E-state index in [4.69, 9.17) is 4.74 Å². The molecule has 1 aromatic rings. The van der Waals surface area contributed by atoms with Gasteiger partial charge in [0.05, 0.1) is 6.42 Å². The third-order valence-electron chi connectivity index (χ3n) is 4.02. The molecule has 1 N–H and O–H groups in total. The smallest absolute Gasteiger partial charge is 0.312 e. The van der Waals surface area contributed by atoms with E-state index in [0.29, 0.717) is 17.9 Å². The van der Waals surface area contributed by atoms with Gasteiger partial charge >= 0.3 is 5.97 Å². The SMILES string of the molecule is CCCc1c(C)c2c(c(C)c1O)C(C)(C)CC(=O)O2. The predicted octanol–water partition coefficient (Wildman–Crippen LogP) is 3.55. The third kappa shape index (κ3) is 2.11. The van der Waals surface area contributed by atoms with Crippen LogP contribution in [-0.4, -0.2) is 11.1 Å². The van der Waals surface area contributed by atoms with E-state index in [0.717, 1.165) is 35.1 Å². The fourth-order valence-electron chi connectivity index (χ4n) is 3.11. The Kier molecular flexibility index (Phi) is 3.33. The highest BCUT2D eigenvalue weighted by Gasteiger charge is 2.38. The molecule has 1 aromatic carbocycles. The van der Waals surface area contributed by atoms with Crippen molar-refractivity contribution in [3.05, 3.63) is 22.3 Å². The quantitative estimate of drug-likeness (QED) is 0.655. The average Bonchev–Trinajstić information content (AvgIpc) is 2.29. The molecule has 104 valence electrons. The number of hydrogen-bond acceptors (Lipinski definition) is 3. The van der Waals surface area contributed by atoms with Gasteiger partial charge in [-0.1, -0.05) is 27.2 Å². The molecule has 0 fully saturated rings. The second-order valence-corrected chi connectivity index (χ2v) is 6.07. The molecule has 1 aliphatic rings. The number of hydrogen-bond donors (Lipinski definition) is 1. The third-order valence-corrected chi connectivity index (χ3v) is 4.02. The van der Waals surface area contributed by atoms with E-state index in [1.54, 1.807) is 0 Å². The number of carbonyl (C=O) groups excluding carboxylic acids is 1. The van der Waals surface area contributed by atoms with Crippen molar-refractivity contribution in [3.63, 3.8) is 0 Å². The minimum atomic E-state index is -0.290. The number of phenols is 1. The molecule has 0 aliphatic carbocycles. The number of esters is 1. The van der Waals surface area contributed by atoms with Gasteiger partial charge in [-0.25, -0.2) is 0 Å². The summed E-state index contributed by atoms with van der Waals surface area (Å²) in [6.07, 6.45) is 2.10. The van der Waals surface area contributed by atoms with E-state index >= 15 is 0 Å². The van der Waals surface area contributed by atoms with E-state index in [9.17, 15) is 9.90 Å². The van der Waals surface area contributed by atoms with Gasteiger partial charge in [-0.05, 0) is 31.4 Å². The van der Waals surface area contributed by atoms with Gasteiger partial charge in [0.1, 0.15) is 11.5 Å². The van der Waals surface area contributed by atoms with E-state index in [2.05, 4.69) is 6.92 Å². The first-order chi connectivity index (χ1) is 8.79. The molecule has 0 amide bonds. The molecule has 0 spiro atoms. The predicted molar refractivity (Wildman–Crippen MR) is 74.9 cm³/mol. The van der Waals surface area contributed by atoms with Gasteiger partial charge in [0.15, 0.2) is 0 Å². The van der Waals surface area contributed by atoms with E-state index in [1.165, 1.54) is 0 Å². The fourth-order valence-corrected chi connectivity index (χ4v) is 3.11. The molecule has 1 aliphatic heterocycles. The van der Waals surface area contributed by atoms with Crippen LogP contribution in [0, 0.1) is 13.8 Å². The molecule has 3 heteroatoms. The Morgan fingerprint density at radius 3 is 2.47 bits per heavy atom. The van der Waals surface area contributed by atoms with Gasteiger partial charge in [0.25, 0.3) is 0 Å². The molecule has 0 saturated carbocycles. The van der Waals surface area contributed by atoms with E-state index in [1.807, 2.05) is 27.7 Å². The highest BCUT2D eigenvalue weighted by atomic mass is 16.5. The number of carbonyl (C=O) groups is 1. The molecule has 0 radical (unpaired) electrons. The summed E-state index contributed by atoms with van der Waals surface area (Å²) in [5.74, 6) is 0.845. The normalized spacial score (nSPS) is 17.0. The number of aromatic hydroxyl groups is 1. The Hall–Kier alpha value is -1.51. The van der Waals surface area contributed by atoms with Gasteiger partial charge < -0.3 is 9.84 Å². The van der Waals surface area contributed by atoms with Crippen LogP contribution in [0.25, 0.3) is 0 Å². The Balaban J connectivity index is 2.76. The lowest BCUT2D eigenvalue weighted by molar-refractivity contribution is -0.137. The van der Waals surface area contributed by atoms with Crippen molar-refractivity contribution >= 4 is 5.97 Å². The largest absolute Gasteiger partial charge is 0.507 e. The molecule has 19 heavy (non-hydrogen) atoms. The Morgan fingerprint density at radius 2 is 1.89 bits per heavy atom. The van der Waals surface area contributed by atoms with Crippen molar-refractivity contribution in [2.45, 2.75) is 59.3 Å². The topological polar surface area (TPSA) is 46.5 Å². The van der Waals surface area contributed by atoms with Crippen LogP contribution >= 0.6 is 0 Å². The van der Waals surface area contributed by atoms with Gasteiger partial charge in [0.2, 0.25) is 0 Å². The van der Waals surface area contributed by atoms with Gasteiger partial charge in [-0.3, -0.25) is 4.79 Å². The van der Waals surface area contributed by atoms with Gasteiger partial charge in [-0.2, -0.15) is 0 Å². The number of fused-ring (bicyclic) bond motifs is 1. The Labute approximate surface area is 114 Å². The molecule has 2 rings (SSSR count). The molecular formula is C16H22O3. The van der Waals surface area contributed by atoms with Crippen LogP contribution in [0.5, 0.6) is 11.5 Å². The summed E-state index contributed by atoms with van der Waals surface area (Å²) in [5, 5.41) is 10.4. The lowest BCUT2D eigenvalue weighted by Gasteiger charge is -2.34. The van der Waals surface area contributed by atoms with Crippen LogP contribution in [-0.2, 0) is 16.6 Å². The van der Waals surface area contributed by atoms with Crippen molar-refractivity contribution in [1.29, 1.82) is 0 Å². The zero-order valence-corrected chi connectivity index (χ0v) is 12.4. The van der Waals surface area contributed by atoms with Crippen LogP contribution in [0.2, 0.25) is 0 Å². The molecule has 0 unspecified atom stereocenters. The summed E-state index contributed by atoms with van der Waals surface area (Å²) in [7, 11) is 0. The maximum absolute atomic E-state index is 11.8. The number of ether oxygens (including phenoxy) is 1. The van der Waals surface area contributed by atoms with E-state index in [-0.39, 0.29) is 11.4 Å². The van der Waals surface area contributed by atoms with Crippen LogP contribution in [0.1, 0.15) is 55.9 Å². The summed E-state index contributed by atoms with van der Waals surface area (Å²) in [6, 6.07) is 0. The van der Waals surface area contributed by atoms with Crippen molar-refractivity contribution < 1.29 is 14.6 Å². The number of phenolic OH excluding ortho intramolecular Hbond substituents is 1. The number of benzene rings is 1. The molecule has 0 atom stereocenters. The summed E-state index contributed by atoms with van der Waals surface area (Å²) >= 11 is 0. The second kappa shape index (κ2) is 4.55. The monoisotopic (exact) mass is 262 g/mol. The minimum Gasteiger partial charge on any atom is -0.507 e. The van der Waals surface area contributed by atoms with E-state index < -0.39 is 0 Å². The van der Waals surface area contributed by atoms with Crippen molar-refractivity contribution in [3.8, 4) is 11.5 Å². The second-order valence-electron chi connectivity index (χ2n) is 6.07. The zero-order chi connectivity index (χ0) is 14.4. The maximum Gasteiger partial charge on any atom is 0.312 e. The minimum absolute atomic E-state index is 0.187. The lowest BCUT2D eigenvalue weighted by atomic mass is 9.75. The summed E-state index contributed by atoms with van der Waals surface area (Å²) in [4.78, 5) is 11.8. The van der Waals surface area contributed by atoms with Crippen molar-refractivity contribution in [2.24, 2.45) is 0 Å².